The van der Waals surface area contributed by atoms with Crippen molar-refractivity contribution in [3.05, 3.63) is 12.2 Å². The Morgan fingerprint density at radius 2 is 1.89 bits per heavy atom. The largest absolute Gasteiger partial charge is 0.469 e. The molecule has 0 bridgehead atoms. The lowest BCUT2D eigenvalue weighted by Gasteiger charge is -2.33. The van der Waals surface area contributed by atoms with Crippen LogP contribution in [0.25, 0.3) is 0 Å². The molecule has 112 valence electrons. The van der Waals surface area contributed by atoms with Crippen LogP contribution in [0.2, 0.25) is 0 Å². The molecule has 19 heavy (non-hydrogen) atoms. The van der Waals surface area contributed by atoms with Crippen LogP contribution in [0.15, 0.2) is 12.2 Å². The molecule has 0 radical (unpaired) electrons. The standard InChI is InChI=1S/C11H22NO6P/c1-9(2)11(13)17-7-6-10(12(3,4)5)8-18-19(14,15)16/h10H,1,6-8H2,2-5H3,(H-,14,15,16)/p+1. The lowest BCUT2D eigenvalue weighted by molar-refractivity contribution is -0.896. The highest BCUT2D eigenvalue weighted by atomic mass is 31.2. The Labute approximate surface area is 113 Å². The van der Waals surface area contributed by atoms with Gasteiger partial charge in [0.2, 0.25) is 0 Å². The van der Waals surface area contributed by atoms with Gasteiger partial charge in [0.15, 0.2) is 0 Å². The number of quaternary nitrogens is 1. The molecule has 2 N–H and O–H groups in total. The Morgan fingerprint density at radius 3 is 2.26 bits per heavy atom. The molecule has 0 fully saturated rings. The smallest absolute Gasteiger partial charge is 0.462 e. The van der Waals surface area contributed by atoms with Gasteiger partial charge in [-0.2, -0.15) is 0 Å². The molecular weight excluding hydrogens is 273 g/mol. The number of esters is 1. The molecule has 0 aliphatic carbocycles. The molecule has 0 spiro atoms. The zero-order valence-electron chi connectivity index (χ0n) is 11.8. The van der Waals surface area contributed by atoms with Crippen LogP contribution >= 0.6 is 7.82 Å². The summed E-state index contributed by atoms with van der Waals surface area (Å²) in [6, 6.07) is -0.203. The lowest BCUT2D eigenvalue weighted by Crippen LogP contribution is -2.48. The van der Waals surface area contributed by atoms with Gasteiger partial charge >= 0.3 is 13.8 Å². The minimum absolute atomic E-state index is 0.113. The Kier molecular flexibility index (Phi) is 6.89. The van der Waals surface area contributed by atoms with E-state index in [9.17, 15) is 9.36 Å². The third-order valence-electron chi connectivity index (χ3n) is 2.56. The molecule has 0 saturated carbocycles. The van der Waals surface area contributed by atoms with Crippen LogP contribution in [-0.4, -0.2) is 60.6 Å². The van der Waals surface area contributed by atoms with Gasteiger partial charge in [0.25, 0.3) is 0 Å². The van der Waals surface area contributed by atoms with E-state index >= 15 is 0 Å². The van der Waals surface area contributed by atoms with Gasteiger partial charge in [0, 0.05) is 12.0 Å². The Balaban J connectivity index is 4.35. The summed E-state index contributed by atoms with van der Waals surface area (Å²) >= 11 is 0. The topological polar surface area (TPSA) is 93.1 Å². The van der Waals surface area contributed by atoms with E-state index in [1.54, 1.807) is 6.92 Å². The minimum Gasteiger partial charge on any atom is -0.462 e. The number of phosphoric acid groups is 1. The summed E-state index contributed by atoms with van der Waals surface area (Å²) in [6.45, 7) is 5.05. The van der Waals surface area contributed by atoms with Crippen LogP contribution in [0.5, 0.6) is 0 Å². The van der Waals surface area contributed by atoms with Gasteiger partial charge in [0.05, 0.1) is 27.7 Å². The quantitative estimate of drug-likeness (QED) is 0.296. The number of carbonyl (C=O) groups is 1. The molecule has 0 aromatic heterocycles. The highest BCUT2D eigenvalue weighted by Crippen LogP contribution is 2.36. The van der Waals surface area contributed by atoms with Gasteiger partial charge in [-0.1, -0.05) is 6.58 Å². The first-order valence-corrected chi connectivity index (χ1v) is 7.30. The maximum atomic E-state index is 11.2. The van der Waals surface area contributed by atoms with Crippen molar-refractivity contribution in [3.8, 4) is 0 Å². The molecule has 0 aromatic carbocycles. The number of carbonyl (C=O) groups excluding carboxylic acids is 1. The van der Waals surface area contributed by atoms with Crippen LogP contribution in [0.4, 0.5) is 0 Å². The molecule has 0 aliphatic heterocycles. The highest BCUT2D eigenvalue weighted by molar-refractivity contribution is 7.46. The predicted octanol–water partition coefficient (Wildman–Crippen LogP) is 0.680. The summed E-state index contributed by atoms with van der Waals surface area (Å²) in [6.07, 6.45) is 0.433. The van der Waals surface area contributed by atoms with Gasteiger partial charge in [-0.15, -0.1) is 0 Å². The highest BCUT2D eigenvalue weighted by Gasteiger charge is 2.28. The zero-order chi connectivity index (χ0) is 15.3. The SMILES string of the molecule is C=C(C)C(=O)OCCC(COP(=O)(O)O)[N+](C)(C)C. The maximum Gasteiger partial charge on any atom is 0.469 e. The monoisotopic (exact) mass is 296 g/mol. The lowest BCUT2D eigenvalue weighted by atomic mass is 10.2. The van der Waals surface area contributed by atoms with E-state index < -0.39 is 13.8 Å². The fourth-order valence-corrected chi connectivity index (χ4v) is 1.65. The summed E-state index contributed by atoms with van der Waals surface area (Å²) in [5.74, 6) is -0.476. The van der Waals surface area contributed by atoms with Gasteiger partial charge in [-0.05, 0) is 6.92 Å². The third-order valence-corrected chi connectivity index (χ3v) is 3.05. The van der Waals surface area contributed by atoms with Gasteiger partial charge < -0.3 is 19.0 Å². The number of nitrogens with zero attached hydrogens (tertiary/aromatic N) is 1. The van der Waals surface area contributed by atoms with E-state index in [1.807, 2.05) is 21.1 Å². The molecule has 0 heterocycles. The molecule has 0 saturated heterocycles. The average Bonchev–Trinajstić information content (AvgIpc) is 2.18. The van der Waals surface area contributed by atoms with E-state index in [0.717, 1.165) is 0 Å². The van der Waals surface area contributed by atoms with E-state index in [0.29, 0.717) is 16.5 Å². The number of hydrogen-bond acceptors (Lipinski definition) is 4. The van der Waals surface area contributed by atoms with Crippen molar-refractivity contribution in [3.63, 3.8) is 0 Å². The van der Waals surface area contributed by atoms with Crippen molar-refractivity contribution >= 4 is 13.8 Å². The van der Waals surface area contributed by atoms with Crippen molar-refractivity contribution < 1.29 is 32.9 Å². The van der Waals surface area contributed by atoms with E-state index in [-0.39, 0.29) is 19.3 Å². The minimum atomic E-state index is -4.49. The van der Waals surface area contributed by atoms with E-state index in [4.69, 9.17) is 14.5 Å². The van der Waals surface area contributed by atoms with E-state index in [1.165, 1.54) is 0 Å². The van der Waals surface area contributed by atoms with Crippen molar-refractivity contribution in [1.82, 2.24) is 0 Å². The first-order valence-electron chi connectivity index (χ1n) is 5.77. The van der Waals surface area contributed by atoms with Crippen molar-refractivity contribution in [2.24, 2.45) is 0 Å². The van der Waals surface area contributed by atoms with Crippen LogP contribution < -0.4 is 0 Å². The van der Waals surface area contributed by atoms with Gasteiger partial charge in [-0.3, -0.25) is 4.52 Å². The second-order valence-corrected chi connectivity index (χ2v) is 6.50. The molecule has 8 heteroatoms. The zero-order valence-corrected chi connectivity index (χ0v) is 12.7. The molecule has 0 aromatic rings. The van der Waals surface area contributed by atoms with Gasteiger partial charge in [-0.25, -0.2) is 9.36 Å². The fraction of sp³-hybridized carbons (Fsp3) is 0.727. The van der Waals surface area contributed by atoms with E-state index in [2.05, 4.69) is 11.1 Å². The van der Waals surface area contributed by atoms with Gasteiger partial charge in [0.1, 0.15) is 12.6 Å². The molecule has 0 aliphatic rings. The Hall–Kier alpha value is -0.720. The first kappa shape index (κ1) is 18.3. The second kappa shape index (κ2) is 7.17. The number of likely N-dealkylation sites (N-methyl/N-ethyl adjacent to an activating group) is 1. The Morgan fingerprint density at radius 1 is 1.37 bits per heavy atom. The number of phosphoric ester groups is 1. The number of rotatable bonds is 8. The molecule has 1 unspecified atom stereocenters. The van der Waals surface area contributed by atoms with Crippen LogP contribution in [0, 0.1) is 0 Å². The average molecular weight is 296 g/mol. The summed E-state index contributed by atoms with van der Waals surface area (Å²) in [5, 5.41) is 0. The summed E-state index contributed by atoms with van der Waals surface area (Å²) < 4.78 is 20.6. The van der Waals surface area contributed by atoms with Crippen LogP contribution in [-0.2, 0) is 18.6 Å². The van der Waals surface area contributed by atoms with Crippen molar-refractivity contribution in [2.75, 3.05) is 34.4 Å². The second-order valence-electron chi connectivity index (χ2n) is 5.26. The molecule has 0 rings (SSSR count). The molecular formula is C11H23NO6P+. The summed E-state index contributed by atoms with van der Waals surface area (Å²) in [7, 11) is 1.12. The normalized spacial score (nSPS) is 14.0. The van der Waals surface area contributed by atoms with Crippen LogP contribution in [0.3, 0.4) is 0 Å². The fourth-order valence-electron chi connectivity index (χ4n) is 1.29. The van der Waals surface area contributed by atoms with Crippen molar-refractivity contribution in [2.45, 2.75) is 19.4 Å². The number of hydrogen-bond donors (Lipinski definition) is 2. The predicted molar refractivity (Wildman–Crippen MR) is 70.2 cm³/mol. The number of ether oxygens (including phenoxy) is 1. The van der Waals surface area contributed by atoms with Crippen LogP contribution in [0.1, 0.15) is 13.3 Å². The first-order chi connectivity index (χ1) is 8.43. The summed E-state index contributed by atoms with van der Waals surface area (Å²) in [5.41, 5.74) is 0.313. The molecule has 1 atom stereocenters. The molecule has 7 nitrogen and oxygen atoms in total. The summed E-state index contributed by atoms with van der Waals surface area (Å²) in [4.78, 5) is 28.6. The maximum absolute atomic E-state index is 11.2. The molecule has 0 amide bonds. The third kappa shape index (κ3) is 8.91. The van der Waals surface area contributed by atoms with Crippen molar-refractivity contribution in [1.29, 1.82) is 0 Å². The Bertz CT molecular complexity index is 370.